The number of carbonyl (C=O) groups is 2. The summed E-state index contributed by atoms with van der Waals surface area (Å²) in [5, 5.41) is 2.81. The van der Waals surface area contributed by atoms with Crippen molar-refractivity contribution in [2.24, 2.45) is 0 Å². The fraction of sp³-hybridized carbons (Fsp3) is 0.231. The molecule has 1 aromatic rings. The minimum Gasteiger partial charge on any atom is -0.459 e. The van der Waals surface area contributed by atoms with Crippen LogP contribution in [0.2, 0.25) is 0 Å². The second-order valence-electron chi connectivity index (χ2n) is 3.82. The summed E-state index contributed by atoms with van der Waals surface area (Å²) in [6.07, 6.45) is 3.06. The fourth-order valence-electron chi connectivity index (χ4n) is 1.57. The Bertz CT molecular complexity index is 439. The molecule has 1 aliphatic rings. The first kappa shape index (κ1) is 11.4. The van der Waals surface area contributed by atoms with Crippen LogP contribution in [-0.4, -0.2) is 17.8 Å². The van der Waals surface area contributed by atoms with Gasteiger partial charge in [-0.15, -0.1) is 0 Å². The van der Waals surface area contributed by atoms with Crippen molar-refractivity contribution in [1.29, 1.82) is 0 Å². The molecule has 1 aromatic carbocycles. The highest BCUT2D eigenvalue weighted by Gasteiger charge is 2.23. The molecule has 1 atom stereocenters. The third-order valence-electron chi connectivity index (χ3n) is 2.48. The van der Waals surface area contributed by atoms with Gasteiger partial charge < -0.3 is 10.1 Å². The summed E-state index contributed by atoms with van der Waals surface area (Å²) in [7, 11) is 0. The van der Waals surface area contributed by atoms with Crippen molar-refractivity contribution in [3.63, 3.8) is 0 Å². The molecule has 17 heavy (non-hydrogen) atoms. The van der Waals surface area contributed by atoms with Crippen LogP contribution >= 0.6 is 0 Å². The van der Waals surface area contributed by atoms with Gasteiger partial charge in [0.05, 0.1) is 0 Å². The second-order valence-corrected chi connectivity index (χ2v) is 3.82. The van der Waals surface area contributed by atoms with E-state index in [1.165, 1.54) is 12.3 Å². The van der Waals surface area contributed by atoms with Crippen molar-refractivity contribution in [1.82, 2.24) is 5.32 Å². The van der Waals surface area contributed by atoms with Crippen molar-refractivity contribution < 1.29 is 14.3 Å². The zero-order valence-corrected chi connectivity index (χ0v) is 9.26. The van der Waals surface area contributed by atoms with Gasteiger partial charge in [-0.3, -0.25) is 4.79 Å². The molecule has 4 nitrogen and oxygen atoms in total. The third kappa shape index (κ3) is 3.17. The molecule has 2 rings (SSSR count). The molecule has 4 heteroatoms. The molecule has 1 N–H and O–H groups in total. The van der Waals surface area contributed by atoms with Gasteiger partial charge in [0.1, 0.15) is 12.6 Å². The average Bonchev–Trinajstić information content (AvgIpc) is 2.37. The van der Waals surface area contributed by atoms with Crippen LogP contribution in [0.3, 0.4) is 0 Å². The topological polar surface area (TPSA) is 55.4 Å². The van der Waals surface area contributed by atoms with Gasteiger partial charge in [-0.2, -0.15) is 0 Å². The van der Waals surface area contributed by atoms with Crippen molar-refractivity contribution in [2.75, 3.05) is 0 Å². The number of hydrogen-bond acceptors (Lipinski definition) is 4. The van der Waals surface area contributed by atoms with Crippen LogP contribution in [0, 0.1) is 0 Å². The predicted molar refractivity (Wildman–Crippen MR) is 61.9 cm³/mol. The van der Waals surface area contributed by atoms with E-state index < -0.39 is 12.0 Å². The molecule has 0 saturated carbocycles. The fourth-order valence-corrected chi connectivity index (χ4v) is 1.57. The van der Waals surface area contributed by atoms with Crippen LogP contribution in [0.25, 0.3) is 0 Å². The van der Waals surface area contributed by atoms with E-state index in [2.05, 4.69) is 5.32 Å². The molecule has 88 valence electrons. The zero-order valence-electron chi connectivity index (χ0n) is 9.26. The molecule has 0 bridgehead atoms. The number of rotatable bonds is 3. The predicted octanol–water partition coefficient (Wildman–Crippen LogP) is 1.17. The lowest BCUT2D eigenvalue weighted by molar-refractivity contribution is -0.148. The Morgan fingerprint density at radius 3 is 2.82 bits per heavy atom. The molecule has 0 aromatic heterocycles. The van der Waals surface area contributed by atoms with E-state index >= 15 is 0 Å². The maximum absolute atomic E-state index is 11.6. The number of benzene rings is 1. The zero-order chi connectivity index (χ0) is 12.1. The number of allylic oxidation sites excluding steroid dienone is 1. The van der Waals surface area contributed by atoms with Gasteiger partial charge in [0.25, 0.3) is 0 Å². The van der Waals surface area contributed by atoms with Gasteiger partial charge in [0.15, 0.2) is 5.78 Å². The number of ether oxygens (including phenoxy) is 1. The van der Waals surface area contributed by atoms with Crippen molar-refractivity contribution >= 4 is 11.8 Å². The molecule has 1 aliphatic heterocycles. The highest BCUT2D eigenvalue weighted by molar-refractivity contribution is 5.95. The van der Waals surface area contributed by atoms with Gasteiger partial charge in [-0.25, -0.2) is 4.79 Å². The Balaban J connectivity index is 1.86. The van der Waals surface area contributed by atoms with Crippen LogP contribution in [0.1, 0.15) is 12.0 Å². The molecule has 0 amide bonds. The van der Waals surface area contributed by atoms with E-state index in [0.29, 0.717) is 0 Å². The van der Waals surface area contributed by atoms with Gasteiger partial charge in [0, 0.05) is 12.6 Å². The number of hydrogen-bond donors (Lipinski definition) is 1. The van der Waals surface area contributed by atoms with Crippen molar-refractivity contribution in [2.45, 2.75) is 19.1 Å². The van der Waals surface area contributed by atoms with Crippen LogP contribution in [0.4, 0.5) is 0 Å². The van der Waals surface area contributed by atoms with Crippen molar-refractivity contribution in [3.8, 4) is 0 Å². The first-order chi connectivity index (χ1) is 8.25. The monoisotopic (exact) mass is 231 g/mol. The molecular weight excluding hydrogens is 218 g/mol. The van der Waals surface area contributed by atoms with Crippen LogP contribution in [0.15, 0.2) is 42.6 Å². The first-order valence-corrected chi connectivity index (χ1v) is 5.42. The van der Waals surface area contributed by atoms with E-state index in [4.69, 9.17) is 4.74 Å². The first-order valence-electron chi connectivity index (χ1n) is 5.42. The van der Waals surface area contributed by atoms with Gasteiger partial charge in [-0.1, -0.05) is 30.3 Å². The second kappa shape index (κ2) is 5.30. The van der Waals surface area contributed by atoms with E-state index in [1.807, 2.05) is 30.3 Å². The molecule has 0 fully saturated rings. The lowest BCUT2D eigenvalue weighted by Gasteiger charge is -2.17. The molecule has 0 aliphatic carbocycles. The summed E-state index contributed by atoms with van der Waals surface area (Å²) in [5.74, 6) is -0.461. The molecule has 1 heterocycles. The normalized spacial score (nSPS) is 18.6. The van der Waals surface area contributed by atoms with Gasteiger partial charge in [0.2, 0.25) is 0 Å². The average molecular weight is 231 g/mol. The Morgan fingerprint density at radius 2 is 2.12 bits per heavy atom. The van der Waals surface area contributed by atoms with E-state index in [9.17, 15) is 9.59 Å². The number of ketones is 1. The summed E-state index contributed by atoms with van der Waals surface area (Å²) in [4.78, 5) is 22.8. The Hall–Kier alpha value is -2.10. The van der Waals surface area contributed by atoms with Gasteiger partial charge >= 0.3 is 5.97 Å². The summed E-state index contributed by atoms with van der Waals surface area (Å²) in [6.45, 7) is 0.232. The smallest absolute Gasteiger partial charge is 0.329 e. The maximum atomic E-state index is 11.6. The Kier molecular flexibility index (Phi) is 3.55. The molecule has 0 saturated heterocycles. The third-order valence-corrected chi connectivity index (χ3v) is 2.48. The van der Waals surface area contributed by atoms with Crippen LogP contribution in [0.5, 0.6) is 0 Å². The summed E-state index contributed by atoms with van der Waals surface area (Å²) in [5.41, 5.74) is 0.929. The minimum absolute atomic E-state index is 0.0644. The van der Waals surface area contributed by atoms with Crippen LogP contribution < -0.4 is 5.32 Å². The Morgan fingerprint density at radius 1 is 1.35 bits per heavy atom. The molecule has 1 unspecified atom stereocenters. The highest BCUT2D eigenvalue weighted by atomic mass is 16.5. The summed E-state index contributed by atoms with van der Waals surface area (Å²) < 4.78 is 5.13. The lowest BCUT2D eigenvalue weighted by Crippen LogP contribution is -2.39. The lowest BCUT2D eigenvalue weighted by atomic mass is 10.1. The molecular formula is C13H13NO3. The minimum atomic E-state index is -0.559. The summed E-state index contributed by atoms with van der Waals surface area (Å²) >= 11 is 0. The largest absolute Gasteiger partial charge is 0.459 e. The van der Waals surface area contributed by atoms with E-state index in [-0.39, 0.29) is 18.8 Å². The van der Waals surface area contributed by atoms with E-state index in [1.54, 1.807) is 0 Å². The van der Waals surface area contributed by atoms with Crippen LogP contribution in [-0.2, 0) is 20.9 Å². The molecule has 0 radical (unpaired) electrons. The highest BCUT2D eigenvalue weighted by Crippen LogP contribution is 2.06. The summed E-state index contributed by atoms with van der Waals surface area (Å²) in [6, 6.07) is 8.87. The maximum Gasteiger partial charge on any atom is 0.329 e. The number of esters is 1. The standard InChI is InChI=1S/C13H13NO3/c15-11-6-7-14-12(8-11)13(16)17-9-10-4-2-1-3-5-10/h1-7,12,14H,8-9H2. The Labute approximate surface area is 99.3 Å². The SMILES string of the molecule is O=C1C=CNC(C(=O)OCc2ccccc2)C1. The quantitative estimate of drug-likeness (QED) is 0.793. The number of nitrogens with one attached hydrogen (secondary N) is 1. The number of carbonyl (C=O) groups excluding carboxylic acids is 2. The van der Waals surface area contributed by atoms with Gasteiger partial charge in [-0.05, 0) is 11.6 Å². The van der Waals surface area contributed by atoms with Crippen molar-refractivity contribution in [3.05, 3.63) is 48.2 Å². The van der Waals surface area contributed by atoms with E-state index in [0.717, 1.165) is 5.56 Å². The molecule has 0 spiro atoms.